The lowest BCUT2D eigenvalue weighted by atomic mass is 10.1. The number of hydrogen-bond donors (Lipinski definition) is 2. The number of methoxy groups -OCH3 is 3. The first-order valence-corrected chi connectivity index (χ1v) is 11.0. The maximum absolute atomic E-state index is 13.0. The fourth-order valence-electron chi connectivity index (χ4n) is 3.57. The van der Waals surface area contributed by atoms with E-state index in [4.69, 9.17) is 14.2 Å². The molecule has 10 heteroatoms. The molecule has 0 saturated heterocycles. The molecule has 2 heterocycles. The van der Waals surface area contributed by atoms with Crippen molar-refractivity contribution >= 4 is 23.2 Å². The van der Waals surface area contributed by atoms with Crippen molar-refractivity contribution in [1.29, 1.82) is 0 Å². The smallest absolute Gasteiger partial charge is 0.255 e. The van der Waals surface area contributed by atoms with Crippen molar-refractivity contribution in [3.05, 3.63) is 84.4 Å². The molecule has 0 fully saturated rings. The van der Waals surface area contributed by atoms with Crippen molar-refractivity contribution < 1.29 is 23.8 Å². The number of nitrogens with zero attached hydrogens (tertiary/aromatic N) is 3. The van der Waals surface area contributed by atoms with Crippen LogP contribution in [0.3, 0.4) is 0 Å². The first-order valence-electron chi connectivity index (χ1n) is 11.0. The zero-order valence-corrected chi connectivity index (χ0v) is 20.0. The number of anilines is 2. The number of nitrogens with one attached hydrogen (secondary N) is 2. The van der Waals surface area contributed by atoms with Crippen LogP contribution in [0.15, 0.2) is 73.3 Å². The summed E-state index contributed by atoms with van der Waals surface area (Å²) in [5.41, 5.74) is 2.90. The number of aromatic nitrogens is 3. The standard InChI is InChI=1S/C26H25N5O5/c1-34-22-12-19(13-23(35-2)25(22)36-3)30-26(33)18-7-4-8-21(11-18)31-16-20(15-28-31)29-24(32)10-17-6-5-9-27-14-17/h4-9,11-16H,10H2,1-3H3,(H,29,32)(H,30,33). The number of carbonyl (C=O) groups is 2. The van der Waals surface area contributed by atoms with Gasteiger partial charge < -0.3 is 24.8 Å². The van der Waals surface area contributed by atoms with Gasteiger partial charge in [-0.2, -0.15) is 5.10 Å². The third-order valence-corrected chi connectivity index (χ3v) is 5.25. The highest BCUT2D eigenvalue weighted by Gasteiger charge is 2.16. The molecular formula is C26H25N5O5. The molecule has 36 heavy (non-hydrogen) atoms. The average Bonchev–Trinajstić information content (AvgIpc) is 3.37. The zero-order chi connectivity index (χ0) is 25.5. The topological polar surface area (TPSA) is 117 Å². The van der Waals surface area contributed by atoms with Crippen molar-refractivity contribution in [3.63, 3.8) is 0 Å². The van der Waals surface area contributed by atoms with Gasteiger partial charge >= 0.3 is 0 Å². The molecule has 0 bridgehead atoms. The lowest BCUT2D eigenvalue weighted by Crippen LogP contribution is -2.14. The fraction of sp³-hybridized carbons (Fsp3) is 0.154. The van der Waals surface area contributed by atoms with E-state index >= 15 is 0 Å². The molecule has 0 aliphatic rings. The Bertz CT molecular complexity index is 1350. The summed E-state index contributed by atoms with van der Waals surface area (Å²) in [5, 5.41) is 9.97. The van der Waals surface area contributed by atoms with Crippen LogP contribution in [0.2, 0.25) is 0 Å². The molecule has 0 unspecified atom stereocenters. The molecule has 2 aromatic carbocycles. The van der Waals surface area contributed by atoms with E-state index in [0.717, 1.165) is 5.56 Å². The minimum atomic E-state index is -0.330. The molecule has 0 saturated carbocycles. The summed E-state index contributed by atoms with van der Waals surface area (Å²) in [6.07, 6.45) is 6.74. The van der Waals surface area contributed by atoms with Gasteiger partial charge in [0, 0.05) is 35.8 Å². The van der Waals surface area contributed by atoms with Crippen LogP contribution < -0.4 is 24.8 Å². The van der Waals surface area contributed by atoms with Crippen LogP contribution in [0.1, 0.15) is 15.9 Å². The number of carbonyl (C=O) groups excluding carboxylic acids is 2. The van der Waals surface area contributed by atoms with Gasteiger partial charge in [0.25, 0.3) is 5.91 Å². The Morgan fingerprint density at radius 3 is 2.33 bits per heavy atom. The Morgan fingerprint density at radius 1 is 0.889 bits per heavy atom. The van der Waals surface area contributed by atoms with E-state index in [9.17, 15) is 9.59 Å². The highest BCUT2D eigenvalue weighted by molar-refractivity contribution is 6.05. The van der Waals surface area contributed by atoms with E-state index in [1.807, 2.05) is 12.1 Å². The monoisotopic (exact) mass is 487 g/mol. The Kier molecular flexibility index (Phi) is 7.45. The average molecular weight is 488 g/mol. The van der Waals surface area contributed by atoms with E-state index in [1.165, 1.54) is 21.3 Å². The second kappa shape index (κ2) is 11.0. The summed E-state index contributed by atoms with van der Waals surface area (Å²) in [7, 11) is 4.52. The number of rotatable bonds is 9. The van der Waals surface area contributed by atoms with Gasteiger partial charge in [0.2, 0.25) is 11.7 Å². The zero-order valence-electron chi connectivity index (χ0n) is 20.0. The van der Waals surface area contributed by atoms with Crippen molar-refractivity contribution in [2.45, 2.75) is 6.42 Å². The SMILES string of the molecule is COc1cc(NC(=O)c2cccc(-n3cc(NC(=O)Cc4cccnc4)cn3)c2)cc(OC)c1OC. The molecule has 2 amide bonds. The number of benzene rings is 2. The summed E-state index contributed by atoms with van der Waals surface area (Å²) in [5.74, 6) is 0.775. The Balaban J connectivity index is 1.47. The first kappa shape index (κ1) is 24.3. The minimum absolute atomic E-state index is 0.180. The summed E-state index contributed by atoms with van der Waals surface area (Å²) in [6, 6.07) is 13.9. The molecule has 2 N–H and O–H groups in total. The highest BCUT2D eigenvalue weighted by atomic mass is 16.5. The molecule has 0 radical (unpaired) electrons. The summed E-state index contributed by atoms with van der Waals surface area (Å²) in [6.45, 7) is 0. The third kappa shape index (κ3) is 5.61. The summed E-state index contributed by atoms with van der Waals surface area (Å²) < 4.78 is 17.6. The van der Waals surface area contributed by atoms with Gasteiger partial charge in [-0.25, -0.2) is 4.68 Å². The molecule has 10 nitrogen and oxygen atoms in total. The number of amides is 2. The van der Waals surface area contributed by atoms with Crippen molar-refractivity contribution in [2.24, 2.45) is 0 Å². The van der Waals surface area contributed by atoms with Gasteiger partial charge in [0.1, 0.15) is 0 Å². The van der Waals surface area contributed by atoms with Crippen LogP contribution in [-0.4, -0.2) is 47.9 Å². The summed E-state index contributed by atoms with van der Waals surface area (Å²) >= 11 is 0. The van der Waals surface area contributed by atoms with Crippen LogP contribution in [-0.2, 0) is 11.2 Å². The fourth-order valence-corrected chi connectivity index (χ4v) is 3.57. The van der Waals surface area contributed by atoms with Crippen LogP contribution in [0.5, 0.6) is 17.2 Å². The maximum atomic E-state index is 13.0. The molecule has 4 rings (SSSR count). The van der Waals surface area contributed by atoms with Gasteiger partial charge in [-0.05, 0) is 29.8 Å². The molecule has 2 aromatic heterocycles. The van der Waals surface area contributed by atoms with Gasteiger partial charge in [0.15, 0.2) is 11.5 Å². The molecular weight excluding hydrogens is 462 g/mol. The predicted octanol–water partition coefficient (Wildman–Crippen LogP) is 3.73. The molecule has 0 atom stereocenters. The largest absolute Gasteiger partial charge is 0.493 e. The molecule has 0 spiro atoms. The van der Waals surface area contributed by atoms with Crippen LogP contribution in [0.25, 0.3) is 5.69 Å². The number of pyridine rings is 1. The summed E-state index contributed by atoms with van der Waals surface area (Å²) in [4.78, 5) is 29.3. The predicted molar refractivity (Wildman–Crippen MR) is 134 cm³/mol. The maximum Gasteiger partial charge on any atom is 0.255 e. The molecule has 0 aliphatic carbocycles. The van der Waals surface area contributed by atoms with E-state index in [1.54, 1.807) is 65.9 Å². The second-order valence-corrected chi connectivity index (χ2v) is 7.68. The highest BCUT2D eigenvalue weighted by Crippen LogP contribution is 2.40. The Morgan fingerprint density at radius 2 is 1.67 bits per heavy atom. The number of hydrogen-bond acceptors (Lipinski definition) is 7. The Hall–Kier alpha value is -4.86. The van der Waals surface area contributed by atoms with Crippen molar-refractivity contribution in [1.82, 2.24) is 14.8 Å². The van der Waals surface area contributed by atoms with Gasteiger partial charge in [0.05, 0.1) is 51.5 Å². The van der Waals surface area contributed by atoms with Crippen molar-refractivity contribution in [3.8, 4) is 22.9 Å². The van der Waals surface area contributed by atoms with Gasteiger partial charge in [-0.3, -0.25) is 14.6 Å². The Labute approximate surface area is 207 Å². The minimum Gasteiger partial charge on any atom is -0.493 e. The number of ether oxygens (including phenoxy) is 3. The van der Waals surface area contributed by atoms with Crippen LogP contribution in [0, 0.1) is 0 Å². The molecule has 4 aromatic rings. The van der Waals surface area contributed by atoms with Gasteiger partial charge in [-0.1, -0.05) is 12.1 Å². The van der Waals surface area contributed by atoms with E-state index < -0.39 is 0 Å². The first-order chi connectivity index (χ1) is 17.5. The lowest BCUT2D eigenvalue weighted by molar-refractivity contribution is -0.115. The van der Waals surface area contributed by atoms with E-state index in [2.05, 4.69) is 20.7 Å². The normalized spacial score (nSPS) is 10.4. The van der Waals surface area contributed by atoms with Crippen molar-refractivity contribution in [2.75, 3.05) is 32.0 Å². The molecule has 0 aliphatic heterocycles. The molecule has 184 valence electrons. The van der Waals surface area contributed by atoms with Crippen LogP contribution >= 0.6 is 0 Å². The van der Waals surface area contributed by atoms with E-state index in [-0.39, 0.29) is 18.2 Å². The third-order valence-electron chi connectivity index (χ3n) is 5.25. The van der Waals surface area contributed by atoms with Crippen LogP contribution in [0.4, 0.5) is 11.4 Å². The lowest BCUT2D eigenvalue weighted by Gasteiger charge is -2.14. The quantitative estimate of drug-likeness (QED) is 0.370. The van der Waals surface area contributed by atoms with E-state index in [0.29, 0.717) is 39.9 Å². The second-order valence-electron chi connectivity index (χ2n) is 7.68. The van der Waals surface area contributed by atoms with Gasteiger partial charge in [-0.15, -0.1) is 0 Å².